The van der Waals surface area contributed by atoms with E-state index in [1.165, 1.54) is 0 Å². The number of amides is 1. The number of rotatable bonds is 8. The molecule has 6 nitrogen and oxygen atoms in total. The van der Waals surface area contributed by atoms with Crippen molar-refractivity contribution in [2.45, 2.75) is 40.3 Å². The van der Waals surface area contributed by atoms with Crippen LogP contribution in [-0.2, 0) is 11.3 Å². The molecule has 0 fully saturated rings. The molecule has 0 saturated carbocycles. The zero-order chi connectivity index (χ0) is 16.0. The molecule has 1 heterocycles. The predicted octanol–water partition coefficient (Wildman–Crippen LogP) is 1.96. The second-order valence-electron chi connectivity index (χ2n) is 5.12. The summed E-state index contributed by atoms with van der Waals surface area (Å²) in [6, 6.07) is 2.93. The van der Waals surface area contributed by atoms with Crippen LogP contribution in [0, 0.1) is 5.92 Å². The molecule has 21 heavy (non-hydrogen) atoms. The number of carbonyl (C=O) groups is 2. The molecule has 2 atom stereocenters. The van der Waals surface area contributed by atoms with Gasteiger partial charge in [-0.05, 0) is 39.1 Å². The van der Waals surface area contributed by atoms with Gasteiger partial charge in [0, 0.05) is 6.04 Å². The first-order valence-corrected chi connectivity index (χ1v) is 7.23. The van der Waals surface area contributed by atoms with Crippen LogP contribution >= 0.6 is 0 Å². The minimum Gasteiger partial charge on any atom is -0.481 e. The maximum absolute atomic E-state index is 12.0. The normalized spacial score (nSPS) is 14.0. The summed E-state index contributed by atoms with van der Waals surface area (Å²) in [4.78, 5) is 25.1. The number of hydrogen-bond donors (Lipinski definition) is 2. The average molecular weight is 296 g/mol. The van der Waals surface area contributed by atoms with Crippen molar-refractivity contribution in [1.82, 2.24) is 10.2 Å². The molecule has 118 valence electrons. The number of hydrogen-bond acceptors (Lipinski definition) is 4. The Bertz CT molecular complexity index is 480. The van der Waals surface area contributed by atoms with Gasteiger partial charge in [0.1, 0.15) is 5.76 Å². The van der Waals surface area contributed by atoms with E-state index < -0.39 is 17.9 Å². The van der Waals surface area contributed by atoms with Gasteiger partial charge >= 0.3 is 5.97 Å². The van der Waals surface area contributed by atoms with Crippen LogP contribution in [0.3, 0.4) is 0 Å². The van der Waals surface area contributed by atoms with Gasteiger partial charge in [0.2, 0.25) is 0 Å². The monoisotopic (exact) mass is 296 g/mol. The fourth-order valence-corrected chi connectivity index (χ4v) is 1.87. The van der Waals surface area contributed by atoms with Gasteiger partial charge in [-0.25, -0.2) is 0 Å². The molecule has 0 aromatic carbocycles. The van der Waals surface area contributed by atoms with Crippen molar-refractivity contribution in [3.05, 3.63) is 23.7 Å². The van der Waals surface area contributed by atoms with Crippen molar-refractivity contribution in [1.29, 1.82) is 0 Å². The molecule has 1 amide bonds. The molecule has 2 unspecified atom stereocenters. The summed E-state index contributed by atoms with van der Waals surface area (Å²) in [7, 11) is 0. The molecule has 0 saturated heterocycles. The third-order valence-corrected chi connectivity index (χ3v) is 3.66. The fraction of sp³-hybridized carbons (Fsp3) is 0.600. The van der Waals surface area contributed by atoms with Gasteiger partial charge in [0.05, 0.1) is 12.5 Å². The van der Waals surface area contributed by atoms with Crippen molar-refractivity contribution in [2.75, 3.05) is 13.1 Å². The summed E-state index contributed by atoms with van der Waals surface area (Å²) in [5.74, 6) is -1.05. The number of furan rings is 1. The summed E-state index contributed by atoms with van der Waals surface area (Å²) in [5.41, 5.74) is 0. The van der Waals surface area contributed by atoms with Crippen LogP contribution in [0.4, 0.5) is 0 Å². The highest BCUT2D eigenvalue weighted by molar-refractivity contribution is 5.92. The summed E-state index contributed by atoms with van der Waals surface area (Å²) in [6.45, 7) is 9.82. The van der Waals surface area contributed by atoms with Crippen LogP contribution in [-0.4, -0.2) is 41.0 Å². The van der Waals surface area contributed by atoms with E-state index in [4.69, 9.17) is 9.52 Å². The first-order chi connectivity index (χ1) is 9.88. The third-order valence-electron chi connectivity index (χ3n) is 3.66. The molecule has 0 radical (unpaired) electrons. The van der Waals surface area contributed by atoms with Gasteiger partial charge in [-0.1, -0.05) is 13.8 Å². The molecule has 1 aromatic heterocycles. The zero-order valence-corrected chi connectivity index (χ0v) is 13.0. The third kappa shape index (κ3) is 4.90. The van der Waals surface area contributed by atoms with E-state index in [1.54, 1.807) is 26.0 Å². The van der Waals surface area contributed by atoms with Crippen LogP contribution in [0.2, 0.25) is 0 Å². The lowest BCUT2D eigenvalue weighted by Crippen LogP contribution is -2.39. The molecule has 1 rings (SSSR count). The van der Waals surface area contributed by atoms with Crippen LogP contribution in [0.1, 0.15) is 44.0 Å². The van der Waals surface area contributed by atoms with E-state index in [-0.39, 0.29) is 11.7 Å². The number of aliphatic carboxylic acids is 1. The van der Waals surface area contributed by atoms with Gasteiger partial charge in [0.15, 0.2) is 5.76 Å². The maximum Gasteiger partial charge on any atom is 0.308 e. The van der Waals surface area contributed by atoms with Gasteiger partial charge in [0.25, 0.3) is 5.91 Å². The molecule has 6 heteroatoms. The number of carbonyl (C=O) groups excluding carboxylic acids is 1. The van der Waals surface area contributed by atoms with Gasteiger partial charge in [-0.2, -0.15) is 0 Å². The molecule has 0 aliphatic carbocycles. The Kier molecular flexibility index (Phi) is 6.42. The van der Waals surface area contributed by atoms with E-state index in [0.29, 0.717) is 6.54 Å². The summed E-state index contributed by atoms with van der Waals surface area (Å²) in [5, 5.41) is 11.6. The lowest BCUT2D eigenvalue weighted by Gasteiger charge is -2.17. The Labute approximate surface area is 125 Å². The second-order valence-corrected chi connectivity index (χ2v) is 5.12. The van der Waals surface area contributed by atoms with Gasteiger partial charge in [-0.15, -0.1) is 0 Å². The SMILES string of the molecule is CCN(CC)Cc1ccc(C(=O)NC(C)C(C)C(=O)O)o1. The minimum absolute atomic E-state index is 0.210. The molecule has 0 aliphatic heterocycles. The number of nitrogens with one attached hydrogen (secondary N) is 1. The lowest BCUT2D eigenvalue weighted by atomic mass is 10.0. The maximum atomic E-state index is 12.0. The number of nitrogens with zero attached hydrogens (tertiary/aromatic N) is 1. The van der Waals surface area contributed by atoms with E-state index in [9.17, 15) is 9.59 Å². The summed E-state index contributed by atoms with van der Waals surface area (Å²) in [6.07, 6.45) is 0. The largest absolute Gasteiger partial charge is 0.481 e. The first kappa shape index (κ1) is 17.2. The second kappa shape index (κ2) is 7.83. The average Bonchev–Trinajstić information content (AvgIpc) is 2.92. The summed E-state index contributed by atoms with van der Waals surface area (Å²) < 4.78 is 5.52. The Morgan fingerprint density at radius 3 is 2.43 bits per heavy atom. The van der Waals surface area contributed by atoms with E-state index >= 15 is 0 Å². The number of carboxylic acids is 1. The smallest absolute Gasteiger partial charge is 0.308 e. The molecule has 0 aliphatic rings. The molecule has 1 aromatic rings. The highest BCUT2D eigenvalue weighted by atomic mass is 16.4. The lowest BCUT2D eigenvalue weighted by molar-refractivity contribution is -0.141. The minimum atomic E-state index is -0.940. The Balaban J connectivity index is 2.63. The Morgan fingerprint density at radius 2 is 1.90 bits per heavy atom. The molecular weight excluding hydrogens is 272 g/mol. The molecule has 0 spiro atoms. The molecule has 0 bridgehead atoms. The Hall–Kier alpha value is -1.82. The van der Waals surface area contributed by atoms with Crippen molar-refractivity contribution < 1.29 is 19.1 Å². The van der Waals surface area contributed by atoms with Crippen molar-refractivity contribution in [3.8, 4) is 0 Å². The number of carboxylic acid groups (broad SMARTS) is 1. The first-order valence-electron chi connectivity index (χ1n) is 7.23. The van der Waals surface area contributed by atoms with E-state index in [2.05, 4.69) is 24.1 Å². The van der Waals surface area contributed by atoms with E-state index in [1.807, 2.05) is 0 Å². The van der Waals surface area contributed by atoms with Gasteiger partial charge < -0.3 is 14.8 Å². The standard InChI is InChI=1S/C15H24N2O4/c1-5-17(6-2)9-12-7-8-13(21-12)14(18)16-11(4)10(3)15(19)20/h7-8,10-11H,5-6,9H2,1-4H3,(H,16,18)(H,19,20). The zero-order valence-electron chi connectivity index (χ0n) is 13.0. The topological polar surface area (TPSA) is 82.8 Å². The van der Waals surface area contributed by atoms with Crippen LogP contribution in [0.15, 0.2) is 16.5 Å². The molecule has 2 N–H and O–H groups in total. The highest BCUT2D eigenvalue weighted by Crippen LogP contribution is 2.12. The van der Waals surface area contributed by atoms with Gasteiger partial charge in [-0.3, -0.25) is 14.5 Å². The quantitative estimate of drug-likeness (QED) is 0.766. The Morgan fingerprint density at radius 1 is 1.29 bits per heavy atom. The molecular formula is C15H24N2O4. The van der Waals surface area contributed by atoms with E-state index in [0.717, 1.165) is 18.8 Å². The van der Waals surface area contributed by atoms with Crippen LogP contribution < -0.4 is 5.32 Å². The van der Waals surface area contributed by atoms with Crippen molar-refractivity contribution >= 4 is 11.9 Å². The van der Waals surface area contributed by atoms with Crippen molar-refractivity contribution in [3.63, 3.8) is 0 Å². The van der Waals surface area contributed by atoms with Crippen LogP contribution in [0.25, 0.3) is 0 Å². The summed E-state index contributed by atoms with van der Waals surface area (Å²) >= 11 is 0. The van der Waals surface area contributed by atoms with Crippen LogP contribution in [0.5, 0.6) is 0 Å². The fourth-order valence-electron chi connectivity index (χ4n) is 1.87. The highest BCUT2D eigenvalue weighted by Gasteiger charge is 2.22. The predicted molar refractivity (Wildman–Crippen MR) is 79.1 cm³/mol. The van der Waals surface area contributed by atoms with Crippen molar-refractivity contribution in [2.24, 2.45) is 5.92 Å².